The van der Waals surface area contributed by atoms with Crippen LogP contribution in [0, 0.1) is 10.1 Å². The van der Waals surface area contributed by atoms with Crippen LogP contribution in [0.3, 0.4) is 0 Å². The van der Waals surface area contributed by atoms with Crippen LogP contribution in [0.1, 0.15) is 16.1 Å². The topological polar surface area (TPSA) is 97.7 Å². The van der Waals surface area contributed by atoms with Crippen molar-refractivity contribution in [2.45, 2.75) is 0 Å². The maximum Gasteiger partial charge on any atom is 0.271 e. The second-order valence-corrected chi connectivity index (χ2v) is 6.13. The van der Waals surface area contributed by atoms with Gasteiger partial charge in [0.05, 0.1) is 11.1 Å². The highest BCUT2D eigenvalue weighted by atomic mass is 79.9. The van der Waals surface area contributed by atoms with Gasteiger partial charge in [0.2, 0.25) is 0 Å². The zero-order valence-electron chi connectivity index (χ0n) is 13.3. The number of nitrogens with one attached hydrogen (secondary N) is 1. The summed E-state index contributed by atoms with van der Waals surface area (Å²) < 4.78 is 6.61. The fraction of sp³-hybridized carbons (Fsp3) is 0. The Balaban J connectivity index is 1.65. The third-order valence-corrected chi connectivity index (χ3v) is 3.96. The van der Waals surface area contributed by atoms with Gasteiger partial charge in [0.15, 0.2) is 0 Å². The first-order valence-electron chi connectivity index (χ1n) is 7.46. The van der Waals surface area contributed by atoms with Crippen molar-refractivity contribution in [2.75, 3.05) is 0 Å². The minimum Gasteiger partial charge on any atom is -0.455 e. The smallest absolute Gasteiger partial charge is 0.271 e. The number of carbonyl (C=O) groups excluding carboxylic acids is 1. The maximum absolute atomic E-state index is 12.0. The molecule has 2 aromatic carbocycles. The summed E-state index contributed by atoms with van der Waals surface area (Å²) in [5.74, 6) is 0.580. The molecule has 0 spiro atoms. The summed E-state index contributed by atoms with van der Waals surface area (Å²) in [6, 6.07) is 16.6. The number of benzene rings is 2. The van der Waals surface area contributed by atoms with Gasteiger partial charge in [0, 0.05) is 27.7 Å². The number of amides is 1. The Labute approximate surface area is 156 Å². The molecule has 1 N–H and O–H groups in total. The minimum atomic E-state index is -0.563. The summed E-state index contributed by atoms with van der Waals surface area (Å²) in [6.45, 7) is 0. The predicted molar refractivity (Wildman–Crippen MR) is 100 cm³/mol. The third-order valence-electron chi connectivity index (χ3n) is 3.43. The lowest BCUT2D eigenvalue weighted by molar-refractivity contribution is -0.384. The summed E-state index contributed by atoms with van der Waals surface area (Å²) in [4.78, 5) is 22.2. The lowest BCUT2D eigenvalue weighted by Crippen LogP contribution is -2.17. The van der Waals surface area contributed by atoms with Gasteiger partial charge in [-0.1, -0.05) is 34.1 Å². The molecule has 0 bridgehead atoms. The van der Waals surface area contributed by atoms with E-state index in [2.05, 4.69) is 26.5 Å². The van der Waals surface area contributed by atoms with Crippen LogP contribution < -0.4 is 5.43 Å². The molecule has 3 aromatic rings. The quantitative estimate of drug-likeness (QED) is 0.381. The number of halogens is 1. The van der Waals surface area contributed by atoms with E-state index in [1.807, 2.05) is 24.3 Å². The number of furan rings is 1. The van der Waals surface area contributed by atoms with E-state index in [4.69, 9.17) is 4.42 Å². The number of hydrogen-bond acceptors (Lipinski definition) is 5. The van der Waals surface area contributed by atoms with Gasteiger partial charge in [-0.25, -0.2) is 5.43 Å². The van der Waals surface area contributed by atoms with Crippen LogP contribution in [-0.4, -0.2) is 17.0 Å². The zero-order valence-corrected chi connectivity index (χ0v) is 14.8. The van der Waals surface area contributed by atoms with Gasteiger partial charge in [0.25, 0.3) is 11.6 Å². The van der Waals surface area contributed by atoms with Crippen LogP contribution in [0.5, 0.6) is 0 Å². The molecule has 3 rings (SSSR count). The molecule has 8 heteroatoms. The van der Waals surface area contributed by atoms with Gasteiger partial charge in [-0.2, -0.15) is 5.10 Å². The molecular formula is C18H12BrN3O4. The van der Waals surface area contributed by atoms with Crippen molar-refractivity contribution < 1.29 is 14.1 Å². The van der Waals surface area contributed by atoms with Gasteiger partial charge >= 0.3 is 0 Å². The average Bonchev–Trinajstić information content (AvgIpc) is 3.11. The summed E-state index contributed by atoms with van der Waals surface area (Å²) in [7, 11) is 0. The second-order valence-electron chi connectivity index (χ2n) is 5.22. The summed E-state index contributed by atoms with van der Waals surface area (Å²) in [5, 5.41) is 14.6. The van der Waals surface area contributed by atoms with Gasteiger partial charge in [-0.3, -0.25) is 14.9 Å². The molecule has 0 aliphatic heterocycles. The Morgan fingerprint density at radius 1 is 1.15 bits per heavy atom. The van der Waals surface area contributed by atoms with Crippen molar-refractivity contribution in [1.29, 1.82) is 0 Å². The van der Waals surface area contributed by atoms with E-state index in [1.54, 1.807) is 12.1 Å². The number of nitro benzene ring substituents is 1. The van der Waals surface area contributed by atoms with Crippen LogP contribution in [0.4, 0.5) is 5.69 Å². The Bertz CT molecular complexity index is 980. The normalized spacial score (nSPS) is 10.8. The summed E-state index contributed by atoms with van der Waals surface area (Å²) in [6.07, 6.45) is 1.36. The predicted octanol–water partition coefficient (Wildman–Crippen LogP) is 4.38. The van der Waals surface area contributed by atoms with E-state index < -0.39 is 10.8 Å². The summed E-state index contributed by atoms with van der Waals surface area (Å²) in [5.41, 5.74) is 3.21. The first-order valence-corrected chi connectivity index (χ1v) is 8.26. The number of nitro groups is 1. The number of carbonyl (C=O) groups is 1. The Kier molecular flexibility index (Phi) is 5.23. The highest BCUT2D eigenvalue weighted by molar-refractivity contribution is 9.10. The number of non-ortho nitro benzene ring substituents is 1. The molecule has 26 heavy (non-hydrogen) atoms. The highest BCUT2D eigenvalue weighted by Crippen LogP contribution is 2.23. The molecule has 1 amide bonds. The fourth-order valence-electron chi connectivity index (χ4n) is 2.17. The molecule has 0 aliphatic carbocycles. The molecule has 1 heterocycles. The van der Waals surface area contributed by atoms with Crippen LogP contribution in [0.15, 0.2) is 74.7 Å². The molecule has 0 radical (unpaired) electrons. The van der Waals surface area contributed by atoms with E-state index in [1.165, 1.54) is 30.5 Å². The number of rotatable bonds is 5. The highest BCUT2D eigenvalue weighted by Gasteiger charge is 2.10. The van der Waals surface area contributed by atoms with Gasteiger partial charge < -0.3 is 4.42 Å². The van der Waals surface area contributed by atoms with Crippen LogP contribution in [0.25, 0.3) is 11.3 Å². The average molecular weight is 414 g/mol. The first-order chi connectivity index (χ1) is 12.5. The van der Waals surface area contributed by atoms with Crippen molar-refractivity contribution in [3.8, 4) is 11.3 Å². The van der Waals surface area contributed by atoms with Crippen LogP contribution in [-0.2, 0) is 0 Å². The second kappa shape index (κ2) is 7.75. The Morgan fingerprint density at radius 3 is 2.65 bits per heavy atom. The monoisotopic (exact) mass is 413 g/mol. The molecule has 7 nitrogen and oxygen atoms in total. The zero-order chi connectivity index (χ0) is 18.5. The third kappa shape index (κ3) is 4.22. The van der Waals surface area contributed by atoms with Gasteiger partial charge in [-0.05, 0) is 30.3 Å². The number of hydrogen-bond donors (Lipinski definition) is 1. The molecule has 0 atom stereocenters. The molecule has 0 saturated heterocycles. The van der Waals surface area contributed by atoms with Crippen molar-refractivity contribution in [1.82, 2.24) is 5.43 Å². The fourth-order valence-corrected chi connectivity index (χ4v) is 2.44. The maximum atomic E-state index is 12.0. The molecule has 1 aromatic heterocycles. The lowest BCUT2D eigenvalue weighted by Gasteiger charge is -1.99. The Hall–Kier alpha value is -3.26. The van der Waals surface area contributed by atoms with Crippen molar-refractivity contribution >= 4 is 33.7 Å². The molecular weight excluding hydrogens is 402 g/mol. The van der Waals surface area contributed by atoms with E-state index in [9.17, 15) is 14.9 Å². The van der Waals surface area contributed by atoms with Gasteiger partial charge in [0.1, 0.15) is 11.5 Å². The van der Waals surface area contributed by atoms with Crippen molar-refractivity contribution in [3.63, 3.8) is 0 Å². The van der Waals surface area contributed by atoms with E-state index in [-0.39, 0.29) is 11.3 Å². The largest absolute Gasteiger partial charge is 0.455 e. The molecule has 130 valence electrons. The SMILES string of the molecule is O=C(N/N=C/c1ccc(-c2ccc(Br)cc2)o1)c1cccc([N+](=O)[O-])c1. The van der Waals surface area contributed by atoms with Crippen molar-refractivity contribution in [2.24, 2.45) is 5.10 Å². The van der Waals surface area contributed by atoms with Gasteiger partial charge in [-0.15, -0.1) is 0 Å². The Morgan fingerprint density at radius 2 is 1.92 bits per heavy atom. The lowest BCUT2D eigenvalue weighted by atomic mass is 10.2. The van der Waals surface area contributed by atoms with Crippen LogP contribution in [0.2, 0.25) is 0 Å². The first kappa shape index (κ1) is 17.6. The number of nitrogens with zero attached hydrogens (tertiary/aromatic N) is 2. The molecule has 0 aliphatic rings. The number of hydrazone groups is 1. The molecule has 0 unspecified atom stereocenters. The molecule has 0 fully saturated rings. The van der Waals surface area contributed by atoms with Crippen molar-refractivity contribution in [3.05, 3.63) is 86.6 Å². The summed E-state index contributed by atoms with van der Waals surface area (Å²) >= 11 is 3.37. The van der Waals surface area contributed by atoms with E-state index in [0.29, 0.717) is 11.5 Å². The molecule has 0 saturated carbocycles. The van der Waals surface area contributed by atoms with Crippen LogP contribution >= 0.6 is 15.9 Å². The minimum absolute atomic E-state index is 0.145. The van der Waals surface area contributed by atoms with E-state index in [0.717, 1.165) is 10.0 Å². The standard InChI is InChI=1S/C18H12BrN3O4/c19-14-6-4-12(5-7-14)17-9-8-16(26-17)11-20-21-18(23)13-2-1-3-15(10-13)22(24)25/h1-11H,(H,21,23)/b20-11+. The van der Waals surface area contributed by atoms with E-state index >= 15 is 0 Å².